The van der Waals surface area contributed by atoms with E-state index in [-0.39, 0.29) is 5.91 Å². The van der Waals surface area contributed by atoms with Crippen molar-refractivity contribution >= 4 is 39.1 Å². The van der Waals surface area contributed by atoms with Gasteiger partial charge in [0, 0.05) is 18.6 Å². The summed E-state index contributed by atoms with van der Waals surface area (Å²) in [6.07, 6.45) is 1.86. The third-order valence-electron chi connectivity index (χ3n) is 4.08. The second-order valence-corrected chi connectivity index (χ2v) is 7.30. The second-order valence-electron chi connectivity index (χ2n) is 5.86. The topological polar surface area (TPSA) is 52.2 Å². The number of carbonyl (C=O) groups excluding carboxylic acids is 1. The lowest BCUT2D eigenvalue weighted by molar-refractivity contribution is 0.100. The maximum Gasteiger partial charge on any atom is 0.289 e. The molecule has 0 N–H and O–H groups in total. The molecule has 26 heavy (non-hydrogen) atoms. The maximum absolute atomic E-state index is 12.6. The van der Waals surface area contributed by atoms with Crippen LogP contribution < -0.4 is 5.49 Å². The van der Waals surface area contributed by atoms with Crippen LogP contribution in [0.4, 0.5) is 0 Å². The summed E-state index contributed by atoms with van der Waals surface area (Å²) < 4.78 is 3.60. The Balaban J connectivity index is 1.83. The molecule has 7 heteroatoms. The molecule has 0 saturated heterocycles. The number of carbonyl (C=O) groups is 1. The molecule has 0 saturated carbocycles. The Morgan fingerprint density at radius 2 is 1.96 bits per heavy atom. The predicted molar refractivity (Wildman–Crippen MR) is 104 cm³/mol. The molecule has 1 aromatic carbocycles. The molecule has 0 aliphatic rings. The summed E-state index contributed by atoms with van der Waals surface area (Å²) in [6, 6.07) is 14.9. The quantitative estimate of drug-likeness (QED) is 0.523. The van der Waals surface area contributed by atoms with Crippen LogP contribution in [0.15, 0.2) is 59.7 Å². The smallest absolute Gasteiger partial charge is 0.289 e. The summed E-state index contributed by atoms with van der Waals surface area (Å²) in [7, 11) is 1.86. The van der Waals surface area contributed by atoms with Crippen molar-refractivity contribution in [2.24, 2.45) is 12.0 Å². The van der Waals surface area contributed by atoms with E-state index in [2.05, 4.69) is 10.1 Å². The zero-order valence-corrected chi connectivity index (χ0v) is 15.8. The highest BCUT2D eigenvalue weighted by molar-refractivity contribution is 7.20. The van der Waals surface area contributed by atoms with Gasteiger partial charge in [0.1, 0.15) is 10.3 Å². The second kappa shape index (κ2) is 6.55. The number of pyridine rings is 1. The first kappa shape index (κ1) is 16.8. The number of rotatable bonds is 2. The molecule has 0 atom stereocenters. The summed E-state index contributed by atoms with van der Waals surface area (Å²) in [5.41, 5.74) is 2.25. The van der Waals surface area contributed by atoms with Crippen molar-refractivity contribution in [1.82, 2.24) is 14.3 Å². The van der Waals surface area contributed by atoms with E-state index >= 15 is 0 Å². The van der Waals surface area contributed by atoms with Crippen molar-refractivity contribution in [3.05, 3.63) is 75.8 Å². The van der Waals surface area contributed by atoms with Gasteiger partial charge in [0.25, 0.3) is 5.91 Å². The average molecular weight is 383 g/mol. The summed E-state index contributed by atoms with van der Waals surface area (Å²) in [5.74, 6) is -0.266. The van der Waals surface area contributed by atoms with E-state index in [4.69, 9.17) is 11.6 Å². The Hall–Kier alpha value is -2.70. The van der Waals surface area contributed by atoms with Gasteiger partial charge in [0.15, 0.2) is 0 Å². The van der Waals surface area contributed by atoms with E-state index in [1.807, 2.05) is 73.3 Å². The highest BCUT2D eigenvalue weighted by Crippen LogP contribution is 2.32. The standard InChI is InChI=1S/C19H15ClN4OS/c1-12-13-11-16(18(25)21-17-9-5-6-10-23(17)2)26-19(13)24(22-12)15-8-4-3-7-14(15)20/h3-11H,1-2H3. The largest absolute Gasteiger partial charge is 0.336 e. The van der Waals surface area contributed by atoms with Gasteiger partial charge in [0.05, 0.1) is 21.3 Å². The third-order valence-corrected chi connectivity index (χ3v) is 5.50. The normalized spacial score (nSPS) is 12.0. The highest BCUT2D eigenvalue weighted by atomic mass is 35.5. The molecular formula is C19H15ClN4OS. The van der Waals surface area contributed by atoms with Crippen LogP contribution >= 0.6 is 22.9 Å². The Bertz CT molecular complexity index is 1200. The van der Waals surface area contributed by atoms with Crippen molar-refractivity contribution < 1.29 is 4.79 Å². The first-order valence-electron chi connectivity index (χ1n) is 7.99. The van der Waals surface area contributed by atoms with Crippen LogP contribution in [-0.4, -0.2) is 20.3 Å². The zero-order valence-electron chi connectivity index (χ0n) is 14.2. The predicted octanol–water partition coefficient (Wildman–Crippen LogP) is 4.13. The number of hydrogen-bond donors (Lipinski definition) is 0. The fraction of sp³-hybridized carbons (Fsp3) is 0.105. The number of fused-ring (bicyclic) bond motifs is 1. The molecule has 0 radical (unpaired) electrons. The maximum atomic E-state index is 12.6. The third kappa shape index (κ3) is 2.87. The van der Waals surface area contributed by atoms with Gasteiger partial charge >= 0.3 is 0 Å². The summed E-state index contributed by atoms with van der Waals surface area (Å²) in [5, 5.41) is 6.12. The van der Waals surface area contributed by atoms with E-state index in [0.717, 1.165) is 21.6 Å². The number of hydrogen-bond acceptors (Lipinski definition) is 3. The number of aryl methyl sites for hydroxylation is 2. The van der Waals surface area contributed by atoms with Gasteiger partial charge in [-0.2, -0.15) is 10.1 Å². The summed E-state index contributed by atoms with van der Waals surface area (Å²) >= 11 is 7.69. The van der Waals surface area contributed by atoms with Crippen LogP contribution in [0.1, 0.15) is 15.4 Å². The average Bonchev–Trinajstić information content (AvgIpc) is 3.19. The van der Waals surface area contributed by atoms with Crippen molar-refractivity contribution in [2.75, 3.05) is 0 Å². The molecule has 0 aliphatic carbocycles. The number of amides is 1. The molecule has 3 heterocycles. The lowest BCUT2D eigenvalue weighted by Gasteiger charge is -2.04. The van der Waals surface area contributed by atoms with Gasteiger partial charge in [-0.05, 0) is 37.3 Å². The van der Waals surface area contributed by atoms with Gasteiger partial charge in [0.2, 0.25) is 0 Å². The molecule has 5 nitrogen and oxygen atoms in total. The Labute approximate surface area is 158 Å². The lowest BCUT2D eigenvalue weighted by Crippen LogP contribution is -2.17. The molecule has 0 spiro atoms. The van der Waals surface area contributed by atoms with Crippen molar-refractivity contribution in [1.29, 1.82) is 0 Å². The fourth-order valence-corrected chi connectivity index (χ4v) is 4.01. The zero-order chi connectivity index (χ0) is 18.3. The molecule has 0 bridgehead atoms. The van der Waals surface area contributed by atoms with Gasteiger partial charge in [-0.25, -0.2) is 4.68 Å². The Morgan fingerprint density at radius 1 is 1.19 bits per heavy atom. The van der Waals surface area contributed by atoms with Gasteiger partial charge in [-0.3, -0.25) is 4.79 Å². The molecule has 130 valence electrons. The first-order chi connectivity index (χ1) is 12.5. The van der Waals surface area contributed by atoms with Crippen LogP contribution in [0.2, 0.25) is 5.02 Å². The van der Waals surface area contributed by atoms with Gasteiger partial charge in [-0.15, -0.1) is 11.3 Å². The van der Waals surface area contributed by atoms with Crippen LogP contribution in [0, 0.1) is 6.92 Å². The molecule has 4 aromatic rings. The number of thiophene rings is 1. The lowest BCUT2D eigenvalue weighted by atomic mass is 10.3. The van der Waals surface area contributed by atoms with Crippen LogP contribution in [0.5, 0.6) is 0 Å². The summed E-state index contributed by atoms with van der Waals surface area (Å²) in [4.78, 5) is 18.3. The highest BCUT2D eigenvalue weighted by Gasteiger charge is 2.17. The molecule has 0 fully saturated rings. The van der Waals surface area contributed by atoms with Crippen molar-refractivity contribution in [3.8, 4) is 5.69 Å². The molecule has 4 rings (SSSR count). The molecular weight excluding hydrogens is 368 g/mol. The van der Waals surface area contributed by atoms with Crippen LogP contribution in [-0.2, 0) is 7.05 Å². The van der Waals surface area contributed by atoms with Gasteiger partial charge in [-0.1, -0.05) is 29.8 Å². The molecule has 1 amide bonds. The number of para-hydroxylation sites is 1. The minimum absolute atomic E-state index is 0.266. The number of aromatic nitrogens is 3. The monoisotopic (exact) mass is 382 g/mol. The Morgan fingerprint density at radius 3 is 2.73 bits per heavy atom. The van der Waals surface area contributed by atoms with Crippen molar-refractivity contribution in [2.45, 2.75) is 6.92 Å². The molecule has 0 aliphatic heterocycles. The fourth-order valence-electron chi connectivity index (χ4n) is 2.73. The van der Waals surface area contributed by atoms with E-state index in [9.17, 15) is 4.79 Å². The van der Waals surface area contributed by atoms with Gasteiger partial charge < -0.3 is 4.57 Å². The SMILES string of the molecule is Cc1nn(-c2ccccc2Cl)c2sc(C(=O)N=c3ccccn3C)cc12. The molecule has 3 aromatic heterocycles. The minimum atomic E-state index is -0.266. The summed E-state index contributed by atoms with van der Waals surface area (Å²) in [6.45, 7) is 1.92. The van der Waals surface area contributed by atoms with E-state index < -0.39 is 0 Å². The van der Waals surface area contributed by atoms with E-state index in [1.54, 1.807) is 4.68 Å². The van der Waals surface area contributed by atoms with E-state index in [1.165, 1.54) is 11.3 Å². The first-order valence-corrected chi connectivity index (χ1v) is 9.19. The van der Waals surface area contributed by atoms with E-state index in [0.29, 0.717) is 15.4 Å². The molecule has 0 unspecified atom stereocenters. The number of halogens is 1. The van der Waals surface area contributed by atoms with Crippen LogP contribution in [0.3, 0.4) is 0 Å². The number of benzene rings is 1. The van der Waals surface area contributed by atoms with Crippen molar-refractivity contribution in [3.63, 3.8) is 0 Å². The minimum Gasteiger partial charge on any atom is -0.336 e. The number of nitrogens with zero attached hydrogens (tertiary/aromatic N) is 4. The van der Waals surface area contributed by atoms with Crippen LogP contribution in [0.25, 0.3) is 15.9 Å². The Kier molecular flexibility index (Phi) is 4.22.